The maximum Gasteiger partial charge on any atom is 0.257 e. The summed E-state index contributed by atoms with van der Waals surface area (Å²) in [6, 6.07) is 5.36. The first kappa shape index (κ1) is 31.7. The van der Waals surface area contributed by atoms with Crippen LogP contribution in [0.4, 0.5) is 0 Å². The van der Waals surface area contributed by atoms with E-state index in [9.17, 15) is 19.2 Å². The smallest absolute Gasteiger partial charge is 0.257 e. The second-order valence-corrected chi connectivity index (χ2v) is 10.2. The van der Waals surface area contributed by atoms with E-state index in [1.54, 1.807) is 24.3 Å². The van der Waals surface area contributed by atoms with E-state index in [1.807, 2.05) is 27.7 Å². The number of imide groups is 2. The fourth-order valence-corrected chi connectivity index (χ4v) is 4.09. The molecule has 0 aromatic carbocycles. The van der Waals surface area contributed by atoms with Crippen molar-refractivity contribution < 1.29 is 19.2 Å². The SMILES string of the molecule is CC(C)C(NCCCCCCCNC(C(=O)NC(=O)c1ccncc1)C(C)C)C(=O)NC(=O)c1ccncc1. The van der Waals surface area contributed by atoms with Crippen molar-refractivity contribution in [2.24, 2.45) is 11.8 Å². The molecule has 0 saturated heterocycles. The Hall–Kier alpha value is -3.50. The second-order valence-electron chi connectivity index (χ2n) is 10.2. The van der Waals surface area contributed by atoms with Crippen LogP contribution >= 0.6 is 0 Å². The number of nitrogens with zero attached hydrogens (tertiary/aromatic N) is 2. The zero-order valence-electron chi connectivity index (χ0n) is 23.4. The zero-order valence-corrected chi connectivity index (χ0v) is 23.4. The van der Waals surface area contributed by atoms with Gasteiger partial charge in [-0.15, -0.1) is 0 Å². The molecular formula is C29H42N6O4. The summed E-state index contributed by atoms with van der Waals surface area (Å²) in [5.74, 6) is -1.45. The van der Waals surface area contributed by atoms with Crippen molar-refractivity contribution in [2.75, 3.05) is 13.1 Å². The molecule has 2 aromatic rings. The number of pyridine rings is 2. The number of amides is 4. The molecule has 0 bridgehead atoms. The van der Waals surface area contributed by atoms with Crippen molar-refractivity contribution >= 4 is 23.6 Å². The summed E-state index contributed by atoms with van der Waals surface area (Å²) >= 11 is 0. The minimum Gasteiger partial charge on any atom is -0.306 e. The molecule has 10 nitrogen and oxygen atoms in total. The first-order valence-electron chi connectivity index (χ1n) is 13.7. The largest absolute Gasteiger partial charge is 0.306 e. The van der Waals surface area contributed by atoms with Crippen molar-refractivity contribution in [1.29, 1.82) is 0 Å². The lowest BCUT2D eigenvalue weighted by atomic mass is 10.0. The summed E-state index contributed by atoms with van der Waals surface area (Å²) in [4.78, 5) is 57.6. The molecule has 4 amide bonds. The van der Waals surface area contributed by atoms with Gasteiger partial charge in [0.25, 0.3) is 11.8 Å². The topological polar surface area (TPSA) is 142 Å². The monoisotopic (exact) mass is 538 g/mol. The highest BCUT2D eigenvalue weighted by Gasteiger charge is 2.24. The van der Waals surface area contributed by atoms with Crippen LogP contribution in [0.1, 0.15) is 80.5 Å². The van der Waals surface area contributed by atoms with Crippen LogP contribution in [0.25, 0.3) is 0 Å². The molecule has 2 atom stereocenters. The van der Waals surface area contributed by atoms with Crippen LogP contribution in [0.3, 0.4) is 0 Å². The first-order chi connectivity index (χ1) is 18.7. The van der Waals surface area contributed by atoms with Gasteiger partial charge in [-0.3, -0.25) is 39.8 Å². The highest BCUT2D eigenvalue weighted by atomic mass is 16.2. The predicted octanol–water partition coefficient (Wildman–Crippen LogP) is 2.87. The fourth-order valence-electron chi connectivity index (χ4n) is 4.09. The quantitative estimate of drug-likeness (QED) is 0.239. The molecule has 2 aromatic heterocycles. The van der Waals surface area contributed by atoms with Crippen LogP contribution in [-0.2, 0) is 9.59 Å². The van der Waals surface area contributed by atoms with Gasteiger partial charge in [0.05, 0.1) is 12.1 Å². The van der Waals surface area contributed by atoms with Crippen molar-refractivity contribution in [1.82, 2.24) is 31.2 Å². The van der Waals surface area contributed by atoms with Gasteiger partial charge in [-0.1, -0.05) is 47.0 Å². The van der Waals surface area contributed by atoms with Gasteiger partial charge in [0.2, 0.25) is 11.8 Å². The lowest BCUT2D eigenvalue weighted by Gasteiger charge is -2.21. The van der Waals surface area contributed by atoms with Gasteiger partial charge in [-0.2, -0.15) is 0 Å². The Balaban J connectivity index is 1.62. The fraction of sp³-hybridized carbons (Fsp3) is 0.517. The summed E-state index contributed by atoms with van der Waals surface area (Å²) in [5.41, 5.74) is 0.795. The first-order valence-corrected chi connectivity index (χ1v) is 13.7. The standard InChI is InChI=1S/C29H42N6O4/c1-20(2)24(28(38)34-26(36)22-10-16-30-17-11-22)32-14-8-6-5-7-9-15-33-25(21(3)4)29(39)35-27(37)23-12-18-31-19-13-23/h10-13,16-21,24-25,32-33H,5-9,14-15H2,1-4H3,(H,34,36,38)(H,35,37,39). The zero-order chi connectivity index (χ0) is 28.6. The van der Waals surface area contributed by atoms with Gasteiger partial charge in [0.15, 0.2) is 0 Å². The van der Waals surface area contributed by atoms with Gasteiger partial charge in [0, 0.05) is 35.9 Å². The average molecular weight is 539 g/mol. The summed E-state index contributed by atoms with van der Waals surface area (Å²) in [6.07, 6.45) is 10.9. The number of hydrogen-bond donors (Lipinski definition) is 4. The summed E-state index contributed by atoms with van der Waals surface area (Å²) in [6.45, 7) is 9.14. The normalized spacial score (nSPS) is 12.7. The number of carbonyl (C=O) groups excluding carboxylic acids is 4. The lowest BCUT2D eigenvalue weighted by molar-refractivity contribution is -0.124. The molecule has 2 heterocycles. The third-order valence-corrected chi connectivity index (χ3v) is 6.34. The van der Waals surface area contributed by atoms with Crippen LogP contribution in [0, 0.1) is 11.8 Å². The number of carbonyl (C=O) groups is 4. The van der Waals surface area contributed by atoms with E-state index in [2.05, 4.69) is 31.2 Å². The third-order valence-electron chi connectivity index (χ3n) is 6.34. The molecular weight excluding hydrogens is 496 g/mol. The van der Waals surface area contributed by atoms with Gasteiger partial charge in [-0.05, 0) is 62.0 Å². The number of unbranched alkanes of at least 4 members (excludes halogenated alkanes) is 4. The van der Waals surface area contributed by atoms with E-state index in [1.165, 1.54) is 24.8 Å². The van der Waals surface area contributed by atoms with Crippen LogP contribution in [-0.4, -0.2) is 58.8 Å². The van der Waals surface area contributed by atoms with Gasteiger partial charge in [0.1, 0.15) is 0 Å². The van der Waals surface area contributed by atoms with Crippen LogP contribution in [0.2, 0.25) is 0 Å². The highest BCUT2D eigenvalue weighted by Crippen LogP contribution is 2.08. The maximum absolute atomic E-state index is 12.6. The molecule has 212 valence electrons. The minimum atomic E-state index is -0.454. The third kappa shape index (κ3) is 11.4. The van der Waals surface area contributed by atoms with Crippen molar-refractivity contribution in [3.05, 3.63) is 60.2 Å². The summed E-state index contributed by atoms with van der Waals surface area (Å²) < 4.78 is 0. The van der Waals surface area contributed by atoms with Gasteiger partial charge >= 0.3 is 0 Å². The van der Waals surface area contributed by atoms with Crippen molar-refractivity contribution in [3.8, 4) is 0 Å². The summed E-state index contributed by atoms with van der Waals surface area (Å²) in [7, 11) is 0. The van der Waals surface area contributed by atoms with E-state index in [0.29, 0.717) is 24.2 Å². The van der Waals surface area contributed by atoms with Crippen LogP contribution in [0.15, 0.2) is 49.1 Å². The number of rotatable bonds is 16. The Morgan fingerprint density at radius 2 is 0.923 bits per heavy atom. The molecule has 0 aliphatic heterocycles. The molecule has 10 heteroatoms. The van der Waals surface area contributed by atoms with Crippen molar-refractivity contribution in [2.45, 2.75) is 71.9 Å². The van der Waals surface area contributed by atoms with Crippen molar-refractivity contribution in [3.63, 3.8) is 0 Å². The Kier molecular flexibility index (Phi) is 14.0. The average Bonchev–Trinajstić information content (AvgIpc) is 2.92. The minimum absolute atomic E-state index is 0.0346. The Bertz CT molecular complexity index is 963. The van der Waals surface area contributed by atoms with Crippen LogP contribution < -0.4 is 21.3 Å². The van der Waals surface area contributed by atoms with Gasteiger partial charge < -0.3 is 10.6 Å². The molecule has 2 unspecified atom stereocenters. The van der Waals surface area contributed by atoms with E-state index < -0.39 is 23.9 Å². The molecule has 0 saturated carbocycles. The maximum atomic E-state index is 12.6. The molecule has 0 aliphatic carbocycles. The summed E-state index contributed by atoms with van der Waals surface area (Å²) in [5, 5.41) is 11.5. The van der Waals surface area contributed by atoms with E-state index in [0.717, 1.165) is 32.1 Å². The second kappa shape index (κ2) is 17.2. The van der Waals surface area contributed by atoms with E-state index in [-0.39, 0.29) is 23.7 Å². The lowest BCUT2D eigenvalue weighted by Crippen LogP contribution is -2.49. The van der Waals surface area contributed by atoms with E-state index >= 15 is 0 Å². The number of nitrogens with one attached hydrogen (secondary N) is 4. The molecule has 2 rings (SSSR count). The Morgan fingerprint density at radius 3 is 1.26 bits per heavy atom. The molecule has 39 heavy (non-hydrogen) atoms. The molecule has 4 N–H and O–H groups in total. The predicted molar refractivity (Wildman–Crippen MR) is 150 cm³/mol. The molecule has 0 aliphatic rings. The Labute approximate surface area is 231 Å². The Morgan fingerprint density at radius 1 is 0.590 bits per heavy atom. The van der Waals surface area contributed by atoms with Gasteiger partial charge in [-0.25, -0.2) is 0 Å². The molecule has 0 spiro atoms. The molecule has 0 fully saturated rings. The number of aromatic nitrogens is 2. The highest BCUT2D eigenvalue weighted by molar-refractivity contribution is 6.06. The van der Waals surface area contributed by atoms with Crippen LogP contribution in [0.5, 0.6) is 0 Å². The molecule has 0 radical (unpaired) electrons. The van der Waals surface area contributed by atoms with E-state index in [4.69, 9.17) is 0 Å². The number of hydrogen-bond acceptors (Lipinski definition) is 8.